The Morgan fingerprint density at radius 3 is 2.05 bits per heavy atom. The normalized spacial score (nSPS) is 10.1. The predicted molar refractivity (Wildman–Crippen MR) is 84.1 cm³/mol. The molecule has 116 valence electrons. The lowest BCUT2D eigenvalue weighted by molar-refractivity contribution is -0.140. The highest BCUT2D eigenvalue weighted by atomic mass is 16.5. The molecule has 4 nitrogen and oxygen atoms in total. The zero-order valence-corrected chi connectivity index (χ0v) is 12.9. The standard InChI is InChI=1S/C18H20O4/c1-20-16-8-5-15(6-9-16)13-22-17-10-3-14(4-11-17)7-12-18(19)21-2/h3-6,8-11H,7,12-13H2,1-2H3. The molecule has 0 fully saturated rings. The van der Waals surface area contributed by atoms with Crippen LogP contribution in [0.25, 0.3) is 0 Å². The average Bonchev–Trinajstić information content (AvgIpc) is 2.59. The molecule has 0 atom stereocenters. The van der Waals surface area contributed by atoms with Crippen LogP contribution >= 0.6 is 0 Å². The third-order valence-corrected chi connectivity index (χ3v) is 3.33. The van der Waals surface area contributed by atoms with E-state index in [1.807, 2.05) is 48.5 Å². The number of hydrogen-bond acceptors (Lipinski definition) is 4. The van der Waals surface area contributed by atoms with Gasteiger partial charge >= 0.3 is 5.97 Å². The largest absolute Gasteiger partial charge is 0.497 e. The van der Waals surface area contributed by atoms with Gasteiger partial charge in [-0.15, -0.1) is 0 Å². The summed E-state index contributed by atoms with van der Waals surface area (Å²) in [5.74, 6) is 1.44. The van der Waals surface area contributed by atoms with E-state index in [1.54, 1.807) is 7.11 Å². The van der Waals surface area contributed by atoms with Gasteiger partial charge in [0.25, 0.3) is 0 Å². The molecular formula is C18H20O4. The van der Waals surface area contributed by atoms with E-state index in [0.717, 1.165) is 22.6 Å². The number of carbonyl (C=O) groups is 1. The van der Waals surface area contributed by atoms with E-state index >= 15 is 0 Å². The molecule has 0 bridgehead atoms. The van der Waals surface area contributed by atoms with E-state index in [2.05, 4.69) is 4.74 Å². The number of ether oxygens (including phenoxy) is 3. The molecule has 2 aromatic rings. The number of hydrogen-bond donors (Lipinski definition) is 0. The molecular weight excluding hydrogens is 280 g/mol. The highest BCUT2D eigenvalue weighted by Crippen LogP contribution is 2.17. The summed E-state index contributed by atoms with van der Waals surface area (Å²) in [5, 5.41) is 0. The molecule has 0 amide bonds. The van der Waals surface area contributed by atoms with E-state index in [1.165, 1.54) is 7.11 Å². The fourth-order valence-electron chi connectivity index (χ4n) is 1.99. The number of esters is 1. The van der Waals surface area contributed by atoms with E-state index in [4.69, 9.17) is 9.47 Å². The van der Waals surface area contributed by atoms with Gasteiger partial charge in [0.1, 0.15) is 18.1 Å². The molecule has 0 radical (unpaired) electrons. The maximum Gasteiger partial charge on any atom is 0.305 e. The van der Waals surface area contributed by atoms with Gasteiger partial charge in [0.05, 0.1) is 14.2 Å². The molecule has 2 aromatic carbocycles. The van der Waals surface area contributed by atoms with Gasteiger partial charge in [0.2, 0.25) is 0 Å². The Balaban J connectivity index is 1.84. The lowest BCUT2D eigenvalue weighted by atomic mass is 10.1. The molecule has 2 rings (SSSR count). The van der Waals surface area contributed by atoms with Gasteiger partial charge in [-0.2, -0.15) is 0 Å². The van der Waals surface area contributed by atoms with Gasteiger partial charge in [-0.1, -0.05) is 24.3 Å². The van der Waals surface area contributed by atoms with Crippen molar-refractivity contribution < 1.29 is 19.0 Å². The van der Waals surface area contributed by atoms with Crippen molar-refractivity contribution in [3.05, 3.63) is 59.7 Å². The van der Waals surface area contributed by atoms with E-state index in [-0.39, 0.29) is 5.97 Å². The minimum absolute atomic E-state index is 0.195. The van der Waals surface area contributed by atoms with Crippen LogP contribution in [0.5, 0.6) is 11.5 Å². The quantitative estimate of drug-likeness (QED) is 0.735. The molecule has 0 saturated heterocycles. The summed E-state index contributed by atoms with van der Waals surface area (Å²) in [7, 11) is 3.05. The number of aryl methyl sites for hydroxylation is 1. The summed E-state index contributed by atoms with van der Waals surface area (Å²) in [5.41, 5.74) is 2.16. The van der Waals surface area contributed by atoms with Crippen LogP contribution in [-0.4, -0.2) is 20.2 Å². The van der Waals surface area contributed by atoms with Crippen LogP contribution in [0.3, 0.4) is 0 Å². The summed E-state index contributed by atoms with van der Waals surface area (Å²) < 4.78 is 15.5. The van der Waals surface area contributed by atoms with Crippen molar-refractivity contribution in [2.24, 2.45) is 0 Å². The summed E-state index contributed by atoms with van der Waals surface area (Å²) in [6.45, 7) is 0.505. The first-order valence-corrected chi connectivity index (χ1v) is 7.13. The molecule has 22 heavy (non-hydrogen) atoms. The zero-order valence-electron chi connectivity index (χ0n) is 12.9. The van der Waals surface area contributed by atoms with Crippen molar-refractivity contribution in [3.8, 4) is 11.5 Å². The number of methoxy groups -OCH3 is 2. The van der Waals surface area contributed by atoms with Crippen LogP contribution in [0.2, 0.25) is 0 Å². The Hall–Kier alpha value is -2.49. The number of carbonyl (C=O) groups excluding carboxylic acids is 1. The molecule has 0 aromatic heterocycles. The van der Waals surface area contributed by atoms with Gasteiger partial charge in [-0.05, 0) is 41.8 Å². The Kier molecular flexibility index (Phi) is 5.83. The van der Waals surface area contributed by atoms with E-state index in [9.17, 15) is 4.79 Å². The van der Waals surface area contributed by atoms with Gasteiger partial charge in [0, 0.05) is 6.42 Å². The maximum atomic E-state index is 11.1. The molecule has 0 spiro atoms. The third kappa shape index (κ3) is 4.81. The van der Waals surface area contributed by atoms with Gasteiger partial charge in [-0.3, -0.25) is 4.79 Å². The van der Waals surface area contributed by atoms with Crippen molar-refractivity contribution in [2.45, 2.75) is 19.4 Å². The molecule has 0 saturated carbocycles. The number of benzene rings is 2. The lowest BCUT2D eigenvalue weighted by Crippen LogP contribution is -2.01. The second-order valence-corrected chi connectivity index (χ2v) is 4.86. The Morgan fingerprint density at radius 1 is 0.864 bits per heavy atom. The first kappa shape index (κ1) is 15.9. The molecule has 0 N–H and O–H groups in total. The maximum absolute atomic E-state index is 11.1. The minimum atomic E-state index is -0.195. The molecule has 0 heterocycles. The monoisotopic (exact) mass is 300 g/mol. The summed E-state index contributed by atoms with van der Waals surface area (Å²) in [6.07, 6.45) is 1.06. The second-order valence-electron chi connectivity index (χ2n) is 4.86. The van der Waals surface area contributed by atoms with Crippen LogP contribution < -0.4 is 9.47 Å². The highest BCUT2D eigenvalue weighted by molar-refractivity contribution is 5.69. The highest BCUT2D eigenvalue weighted by Gasteiger charge is 2.02. The summed E-state index contributed by atoms with van der Waals surface area (Å²) in [6, 6.07) is 15.5. The third-order valence-electron chi connectivity index (χ3n) is 3.33. The van der Waals surface area contributed by atoms with Crippen LogP contribution in [0.4, 0.5) is 0 Å². The fraction of sp³-hybridized carbons (Fsp3) is 0.278. The molecule has 0 aliphatic carbocycles. The predicted octanol–water partition coefficient (Wildman–Crippen LogP) is 3.38. The first-order valence-electron chi connectivity index (χ1n) is 7.13. The van der Waals surface area contributed by atoms with E-state index in [0.29, 0.717) is 19.4 Å². The Bertz CT molecular complexity index is 587. The topological polar surface area (TPSA) is 44.8 Å². The fourth-order valence-corrected chi connectivity index (χ4v) is 1.99. The molecule has 4 heteroatoms. The zero-order chi connectivity index (χ0) is 15.8. The van der Waals surface area contributed by atoms with Crippen LogP contribution in [0, 0.1) is 0 Å². The second kappa shape index (κ2) is 8.08. The van der Waals surface area contributed by atoms with Crippen molar-refractivity contribution in [2.75, 3.05) is 14.2 Å². The van der Waals surface area contributed by atoms with Crippen molar-refractivity contribution in [1.82, 2.24) is 0 Å². The lowest BCUT2D eigenvalue weighted by Gasteiger charge is -2.08. The van der Waals surface area contributed by atoms with Gasteiger partial charge < -0.3 is 14.2 Å². The smallest absolute Gasteiger partial charge is 0.305 e. The Morgan fingerprint density at radius 2 is 1.45 bits per heavy atom. The summed E-state index contributed by atoms with van der Waals surface area (Å²) in [4.78, 5) is 11.1. The average molecular weight is 300 g/mol. The van der Waals surface area contributed by atoms with Crippen molar-refractivity contribution in [3.63, 3.8) is 0 Å². The van der Waals surface area contributed by atoms with Gasteiger partial charge in [-0.25, -0.2) is 0 Å². The van der Waals surface area contributed by atoms with Gasteiger partial charge in [0.15, 0.2) is 0 Å². The molecule has 0 aliphatic rings. The van der Waals surface area contributed by atoms with Crippen LogP contribution in [-0.2, 0) is 22.6 Å². The van der Waals surface area contributed by atoms with Crippen LogP contribution in [0.1, 0.15) is 17.5 Å². The molecule has 0 aliphatic heterocycles. The first-order chi connectivity index (χ1) is 10.7. The van der Waals surface area contributed by atoms with Crippen molar-refractivity contribution >= 4 is 5.97 Å². The SMILES string of the molecule is COC(=O)CCc1ccc(OCc2ccc(OC)cc2)cc1. The minimum Gasteiger partial charge on any atom is -0.497 e. The Labute approximate surface area is 130 Å². The number of rotatable bonds is 7. The van der Waals surface area contributed by atoms with E-state index < -0.39 is 0 Å². The summed E-state index contributed by atoms with van der Waals surface area (Å²) >= 11 is 0. The molecule has 0 unspecified atom stereocenters. The van der Waals surface area contributed by atoms with Crippen LogP contribution in [0.15, 0.2) is 48.5 Å². The van der Waals surface area contributed by atoms with Crippen molar-refractivity contribution in [1.29, 1.82) is 0 Å².